The minimum atomic E-state index is 0.830. The van der Waals surface area contributed by atoms with E-state index in [0.717, 1.165) is 6.42 Å². The Bertz CT molecular complexity index is 931. The van der Waals surface area contributed by atoms with E-state index in [0.29, 0.717) is 0 Å². The smallest absolute Gasteiger partial charge is 0.0402 e. The first-order valence-electron chi connectivity index (χ1n) is 6.95. The molecule has 0 aromatic heterocycles. The number of aryl methyl sites for hydroxylation is 1. The van der Waals surface area contributed by atoms with Crippen molar-refractivity contribution in [1.29, 1.82) is 0 Å². The number of hydrogen-bond donors (Lipinski definition) is 0. The summed E-state index contributed by atoms with van der Waals surface area (Å²) >= 11 is 0. The van der Waals surface area contributed by atoms with E-state index in [1.54, 1.807) is 0 Å². The molecule has 0 saturated carbocycles. The van der Waals surface area contributed by atoms with E-state index in [2.05, 4.69) is 73.4 Å². The third-order valence-electron chi connectivity index (χ3n) is 3.94. The molecular weight excluding hydrogens is 240 g/mol. The van der Waals surface area contributed by atoms with Crippen LogP contribution in [0, 0.1) is 18.8 Å². The van der Waals surface area contributed by atoms with Gasteiger partial charge in [0.15, 0.2) is 0 Å². The topological polar surface area (TPSA) is 0 Å². The van der Waals surface area contributed by atoms with Crippen molar-refractivity contribution in [2.45, 2.75) is 13.3 Å². The summed E-state index contributed by atoms with van der Waals surface area (Å²) < 4.78 is 0. The van der Waals surface area contributed by atoms with Gasteiger partial charge < -0.3 is 0 Å². The van der Waals surface area contributed by atoms with Gasteiger partial charge in [-0.15, -0.1) is 0 Å². The van der Waals surface area contributed by atoms with Crippen LogP contribution in [0.25, 0.3) is 27.6 Å². The van der Waals surface area contributed by atoms with Crippen LogP contribution in [-0.2, 0) is 0 Å². The zero-order valence-electron chi connectivity index (χ0n) is 11.4. The van der Waals surface area contributed by atoms with Gasteiger partial charge in [-0.05, 0) is 34.0 Å². The summed E-state index contributed by atoms with van der Waals surface area (Å²) in [6.45, 7) is 2.14. The van der Waals surface area contributed by atoms with Crippen LogP contribution in [0.4, 0.5) is 0 Å². The maximum atomic E-state index is 3.37. The maximum Gasteiger partial charge on any atom is 0.0402 e. The molecule has 1 aliphatic carbocycles. The van der Waals surface area contributed by atoms with Gasteiger partial charge in [-0.3, -0.25) is 0 Å². The van der Waals surface area contributed by atoms with Gasteiger partial charge in [0, 0.05) is 12.0 Å². The second-order valence-corrected chi connectivity index (χ2v) is 5.29. The lowest BCUT2D eigenvalue weighted by molar-refractivity contribution is 1.50. The highest BCUT2D eigenvalue weighted by molar-refractivity contribution is 6.14. The lowest BCUT2D eigenvalue weighted by Gasteiger charge is -2.12. The molecule has 0 fully saturated rings. The van der Waals surface area contributed by atoms with E-state index < -0.39 is 0 Å². The van der Waals surface area contributed by atoms with Crippen LogP contribution in [0.5, 0.6) is 0 Å². The molecule has 0 aliphatic heterocycles. The summed E-state index contributed by atoms with van der Waals surface area (Å²) in [5, 5.41) is 5.19. The van der Waals surface area contributed by atoms with Gasteiger partial charge in [0.05, 0.1) is 0 Å². The van der Waals surface area contributed by atoms with E-state index >= 15 is 0 Å². The summed E-state index contributed by atoms with van der Waals surface area (Å²) in [5.74, 6) is 6.61. The summed E-state index contributed by atoms with van der Waals surface area (Å²) in [7, 11) is 0. The van der Waals surface area contributed by atoms with Crippen LogP contribution in [0.3, 0.4) is 0 Å². The van der Waals surface area contributed by atoms with Crippen molar-refractivity contribution in [1.82, 2.24) is 0 Å². The molecule has 0 spiro atoms. The normalized spacial score (nSPS) is 12.8. The fourth-order valence-corrected chi connectivity index (χ4v) is 3.01. The van der Waals surface area contributed by atoms with Crippen LogP contribution < -0.4 is 0 Å². The van der Waals surface area contributed by atoms with E-state index in [-0.39, 0.29) is 0 Å². The molecule has 4 rings (SSSR count). The molecule has 3 aromatic rings. The molecule has 0 N–H and O–H groups in total. The van der Waals surface area contributed by atoms with Crippen molar-refractivity contribution in [3.05, 3.63) is 65.2 Å². The molecule has 0 atom stereocenters. The Morgan fingerprint density at radius 1 is 0.900 bits per heavy atom. The zero-order valence-corrected chi connectivity index (χ0v) is 11.4. The van der Waals surface area contributed by atoms with E-state index in [1.165, 1.54) is 38.2 Å². The highest BCUT2D eigenvalue weighted by Gasteiger charge is 2.11. The molecule has 0 heteroatoms. The first-order chi connectivity index (χ1) is 9.84. The van der Waals surface area contributed by atoms with Crippen LogP contribution in [0.15, 0.2) is 48.5 Å². The molecule has 20 heavy (non-hydrogen) atoms. The Kier molecular flexibility index (Phi) is 2.41. The lowest BCUT2D eigenvalue weighted by Crippen LogP contribution is -1.90. The molecule has 0 heterocycles. The molecule has 94 valence electrons. The van der Waals surface area contributed by atoms with Crippen molar-refractivity contribution in [2.24, 2.45) is 0 Å². The van der Waals surface area contributed by atoms with Crippen molar-refractivity contribution in [2.75, 3.05) is 0 Å². The Morgan fingerprint density at radius 3 is 2.65 bits per heavy atom. The third kappa shape index (κ3) is 1.57. The minimum Gasteiger partial charge on any atom is -0.0937 e. The first-order valence-corrected chi connectivity index (χ1v) is 6.95. The third-order valence-corrected chi connectivity index (χ3v) is 3.94. The second kappa shape index (κ2) is 4.25. The molecule has 0 saturated heterocycles. The van der Waals surface area contributed by atoms with Crippen LogP contribution in [0.2, 0.25) is 0 Å². The van der Waals surface area contributed by atoms with Gasteiger partial charge in [-0.2, -0.15) is 0 Å². The van der Waals surface area contributed by atoms with Crippen LogP contribution in [0.1, 0.15) is 23.1 Å². The SMILES string of the molecule is Cc1ccc2c3c(c4ccccc4c2c1)C=CCC#C3. The van der Waals surface area contributed by atoms with Gasteiger partial charge in [0.25, 0.3) is 0 Å². The highest BCUT2D eigenvalue weighted by atomic mass is 14.1. The van der Waals surface area contributed by atoms with Gasteiger partial charge in [-0.1, -0.05) is 72.0 Å². The summed E-state index contributed by atoms with van der Waals surface area (Å²) in [5.41, 5.74) is 3.73. The molecule has 0 amide bonds. The number of rotatable bonds is 0. The van der Waals surface area contributed by atoms with Crippen molar-refractivity contribution < 1.29 is 0 Å². The van der Waals surface area contributed by atoms with Gasteiger partial charge in [-0.25, -0.2) is 0 Å². The fourth-order valence-electron chi connectivity index (χ4n) is 3.01. The van der Waals surface area contributed by atoms with E-state index in [9.17, 15) is 0 Å². The molecule has 0 radical (unpaired) electrons. The molecule has 0 unspecified atom stereocenters. The zero-order chi connectivity index (χ0) is 13.5. The summed E-state index contributed by atoms with van der Waals surface area (Å²) in [6, 6.07) is 15.3. The molecule has 3 aromatic carbocycles. The van der Waals surface area contributed by atoms with Crippen molar-refractivity contribution in [3.63, 3.8) is 0 Å². The average molecular weight is 254 g/mol. The minimum absolute atomic E-state index is 0.830. The van der Waals surface area contributed by atoms with E-state index in [1.807, 2.05) is 0 Å². The molecule has 0 nitrogen and oxygen atoms in total. The standard InChI is InChI=1S/C20H14/c1-14-11-12-19-17-8-4-2-3-7-15(17)16-9-5-6-10-18(16)20(19)13-14/h3,5-7,9-13H,2H2,1H3. The predicted octanol–water partition coefficient (Wildman–Crippen LogP) is 5.07. The van der Waals surface area contributed by atoms with Crippen LogP contribution >= 0.6 is 0 Å². The number of hydrogen-bond acceptors (Lipinski definition) is 0. The predicted molar refractivity (Wildman–Crippen MR) is 86.7 cm³/mol. The molecule has 0 bridgehead atoms. The number of fused-ring (bicyclic) bond motifs is 6. The van der Waals surface area contributed by atoms with Crippen LogP contribution in [-0.4, -0.2) is 0 Å². The Hall–Kier alpha value is -2.52. The van der Waals surface area contributed by atoms with Gasteiger partial charge >= 0.3 is 0 Å². The van der Waals surface area contributed by atoms with E-state index in [4.69, 9.17) is 0 Å². The van der Waals surface area contributed by atoms with Crippen molar-refractivity contribution >= 4 is 27.6 Å². The molecular formula is C20H14. The first kappa shape index (κ1) is 11.3. The number of benzene rings is 3. The molecule has 1 aliphatic rings. The fraction of sp³-hybridized carbons (Fsp3) is 0.100. The Morgan fingerprint density at radius 2 is 1.75 bits per heavy atom. The monoisotopic (exact) mass is 254 g/mol. The average Bonchev–Trinajstić information content (AvgIpc) is 2.73. The Balaban J connectivity index is 2.34. The lowest BCUT2D eigenvalue weighted by atomic mass is 9.91. The summed E-state index contributed by atoms with van der Waals surface area (Å²) in [6.07, 6.45) is 5.20. The van der Waals surface area contributed by atoms with Gasteiger partial charge in [0.1, 0.15) is 0 Å². The van der Waals surface area contributed by atoms with Gasteiger partial charge in [0.2, 0.25) is 0 Å². The number of allylic oxidation sites excluding steroid dienone is 1. The Labute approximate surface area is 118 Å². The maximum absolute atomic E-state index is 3.37. The summed E-state index contributed by atoms with van der Waals surface area (Å²) in [4.78, 5) is 0. The second-order valence-electron chi connectivity index (χ2n) is 5.29. The van der Waals surface area contributed by atoms with Crippen molar-refractivity contribution in [3.8, 4) is 11.8 Å². The highest BCUT2D eigenvalue weighted by Crippen LogP contribution is 2.34. The largest absolute Gasteiger partial charge is 0.0937 e. The quantitative estimate of drug-likeness (QED) is 0.388.